The van der Waals surface area contributed by atoms with Gasteiger partial charge in [0.05, 0.1) is 12.8 Å². The molecule has 0 saturated carbocycles. The Bertz CT molecular complexity index is 802. The molecular formula is C17H19BrF2N2O3. The average Bonchev–Trinajstić information content (AvgIpc) is 2.90. The summed E-state index contributed by atoms with van der Waals surface area (Å²) in [6.07, 6.45) is 2.76. The summed E-state index contributed by atoms with van der Waals surface area (Å²) < 4.78 is 32.7. The summed E-state index contributed by atoms with van der Waals surface area (Å²) in [5.74, 6) is -2.59. The highest BCUT2D eigenvalue weighted by atomic mass is 79.9. The van der Waals surface area contributed by atoms with E-state index in [9.17, 15) is 18.4 Å². The first kappa shape index (κ1) is 19.4. The van der Waals surface area contributed by atoms with E-state index < -0.39 is 23.3 Å². The van der Waals surface area contributed by atoms with Crippen LogP contribution in [-0.4, -0.2) is 28.0 Å². The van der Waals surface area contributed by atoms with E-state index in [0.29, 0.717) is 17.8 Å². The molecule has 25 heavy (non-hydrogen) atoms. The van der Waals surface area contributed by atoms with Gasteiger partial charge in [-0.25, -0.2) is 18.4 Å². The van der Waals surface area contributed by atoms with E-state index in [0.717, 1.165) is 36.7 Å². The number of imidazole rings is 1. The summed E-state index contributed by atoms with van der Waals surface area (Å²) >= 11 is 3.35. The molecule has 136 valence electrons. The molecule has 0 fully saturated rings. The predicted octanol–water partition coefficient (Wildman–Crippen LogP) is 3.40. The molecule has 0 saturated heterocycles. The number of nitrogens with one attached hydrogen (secondary N) is 1. The summed E-state index contributed by atoms with van der Waals surface area (Å²) in [6, 6.07) is 3.50. The molecule has 1 heterocycles. The lowest BCUT2D eigenvalue weighted by molar-refractivity contribution is 0.0593. The summed E-state index contributed by atoms with van der Waals surface area (Å²) in [6.45, 7) is 0.429. The minimum atomic E-state index is -0.973. The van der Waals surface area contributed by atoms with Crippen LogP contribution in [0.1, 0.15) is 41.0 Å². The van der Waals surface area contributed by atoms with Crippen molar-refractivity contribution in [2.75, 3.05) is 12.4 Å². The van der Waals surface area contributed by atoms with Crippen LogP contribution in [0.3, 0.4) is 0 Å². The molecule has 0 radical (unpaired) electrons. The third kappa shape index (κ3) is 4.78. The van der Waals surface area contributed by atoms with Crippen molar-refractivity contribution in [1.82, 2.24) is 9.55 Å². The van der Waals surface area contributed by atoms with Gasteiger partial charge < -0.3 is 4.74 Å². The Labute approximate surface area is 152 Å². The number of alkyl halides is 1. The maximum absolute atomic E-state index is 13.5. The molecule has 0 atom stereocenters. The average molecular weight is 417 g/mol. The smallest absolute Gasteiger partial charge is 0.356 e. The Morgan fingerprint density at radius 1 is 1.24 bits per heavy atom. The molecule has 0 bridgehead atoms. The molecule has 0 aliphatic carbocycles. The molecule has 5 nitrogen and oxygen atoms in total. The molecule has 1 N–H and O–H groups in total. The van der Waals surface area contributed by atoms with Crippen LogP contribution < -0.4 is 5.69 Å². The lowest BCUT2D eigenvalue weighted by Crippen LogP contribution is -2.19. The summed E-state index contributed by atoms with van der Waals surface area (Å²) in [4.78, 5) is 26.7. The second kappa shape index (κ2) is 8.94. The number of benzene rings is 1. The third-order valence-corrected chi connectivity index (χ3v) is 4.41. The highest BCUT2D eigenvalue weighted by Gasteiger charge is 2.21. The van der Waals surface area contributed by atoms with E-state index in [2.05, 4.69) is 20.9 Å². The maximum atomic E-state index is 13.5. The number of methoxy groups -OCH3 is 1. The van der Waals surface area contributed by atoms with Crippen LogP contribution in [0.5, 0.6) is 0 Å². The first-order valence-corrected chi connectivity index (χ1v) is 9.00. The van der Waals surface area contributed by atoms with Crippen LogP contribution in [0, 0.1) is 11.6 Å². The molecule has 0 unspecified atom stereocenters. The van der Waals surface area contributed by atoms with Crippen molar-refractivity contribution in [1.29, 1.82) is 0 Å². The van der Waals surface area contributed by atoms with Crippen LogP contribution in [-0.2, 0) is 17.7 Å². The summed E-state index contributed by atoms with van der Waals surface area (Å²) in [7, 11) is 1.22. The number of carbonyl (C=O) groups is 1. The minimum absolute atomic E-state index is 0.0396. The number of hydrogen-bond donors (Lipinski definition) is 1. The molecule has 0 aliphatic heterocycles. The SMILES string of the molecule is COC(=O)c1[nH]c(=O)n(CCCCCBr)c1Cc1ccc(F)c(F)c1. The van der Waals surface area contributed by atoms with E-state index in [1.54, 1.807) is 0 Å². The monoisotopic (exact) mass is 416 g/mol. The van der Waals surface area contributed by atoms with Gasteiger partial charge in [-0.05, 0) is 30.5 Å². The van der Waals surface area contributed by atoms with E-state index in [4.69, 9.17) is 4.74 Å². The molecule has 0 amide bonds. The van der Waals surface area contributed by atoms with Crippen LogP contribution in [0.15, 0.2) is 23.0 Å². The van der Waals surface area contributed by atoms with Gasteiger partial charge in [0.15, 0.2) is 11.6 Å². The van der Waals surface area contributed by atoms with Gasteiger partial charge in [0.2, 0.25) is 0 Å². The van der Waals surface area contributed by atoms with Crippen LogP contribution in [0.2, 0.25) is 0 Å². The first-order chi connectivity index (χ1) is 12.0. The van der Waals surface area contributed by atoms with Gasteiger partial charge in [0.25, 0.3) is 0 Å². The highest BCUT2D eigenvalue weighted by molar-refractivity contribution is 9.09. The molecular weight excluding hydrogens is 398 g/mol. The van der Waals surface area contributed by atoms with Gasteiger partial charge in [0, 0.05) is 18.3 Å². The fourth-order valence-corrected chi connectivity index (χ4v) is 2.98. The van der Waals surface area contributed by atoms with Gasteiger partial charge in [0.1, 0.15) is 5.69 Å². The maximum Gasteiger partial charge on any atom is 0.356 e. The van der Waals surface area contributed by atoms with Gasteiger partial charge in [-0.2, -0.15) is 0 Å². The normalized spacial score (nSPS) is 10.9. The quantitative estimate of drug-likeness (QED) is 0.407. The van der Waals surface area contributed by atoms with Crippen molar-refractivity contribution in [3.63, 3.8) is 0 Å². The molecule has 2 aromatic rings. The first-order valence-electron chi connectivity index (χ1n) is 7.87. The van der Waals surface area contributed by atoms with Crippen LogP contribution in [0.25, 0.3) is 0 Å². The van der Waals surface area contributed by atoms with Crippen molar-refractivity contribution in [3.8, 4) is 0 Å². The number of ether oxygens (including phenoxy) is 1. The van der Waals surface area contributed by atoms with Crippen LogP contribution in [0.4, 0.5) is 8.78 Å². The number of carbonyl (C=O) groups excluding carboxylic acids is 1. The second-order valence-corrected chi connectivity index (χ2v) is 6.36. The number of hydrogen-bond acceptors (Lipinski definition) is 3. The number of halogens is 3. The van der Waals surface area contributed by atoms with Crippen molar-refractivity contribution in [3.05, 3.63) is 57.3 Å². The third-order valence-electron chi connectivity index (χ3n) is 3.85. The van der Waals surface area contributed by atoms with E-state index in [1.165, 1.54) is 17.7 Å². The van der Waals surface area contributed by atoms with Crippen molar-refractivity contribution < 1.29 is 18.3 Å². The number of rotatable bonds is 8. The number of aromatic amines is 1. The number of H-pyrrole nitrogens is 1. The molecule has 1 aromatic carbocycles. The van der Waals surface area contributed by atoms with E-state index >= 15 is 0 Å². The zero-order valence-electron chi connectivity index (χ0n) is 13.8. The van der Waals surface area contributed by atoms with Gasteiger partial charge >= 0.3 is 11.7 Å². The Morgan fingerprint density at radius 2 is 2.00 bits per heavy atom. The zero-order chi connectivity index (χ0) is 18.4. The number of nitrogens with zero attached hydrogens (tertiary/aromatic N) is 1. The molecule has 2 rings (SSSR count). The van der Waals surface area contributed by atoms with Gasteiger partial charge in [-0.1, -0.05) is 28.4 Å². The lowest BCUT2D eigenvalue weighted by Gasteiger charge is -2.09. The van der Waals surface area contributed by atoms with Crippen molar-refractivity contribution >= 4 is 21.9 Å². The Morgan fingerprint density at radius 3 is 2.64 bits per heavy atom. The second-order valence-electron chi connectivity index (χ2n) is 5.57. The fourth-order valence-electron chi connectivity index (χ4n) is 2.58. The number of esters is 1. The van der Waals surface area contributed by atoms with Gasteiger partial charge in [-0.3, -0.25) is 9.55 Å². The lowest BCUT2D eigenvalue weighted by atomic mass is 10.1. The van der Waals surface area contributed by atoms with Crippen molar-refractivity contribution in [2.45, 2.75) is 32.2 Å². The largest absolute Gasteiger partial charge is 0.464 e. The molecule has 8 heteroatoms. The Balaban J connectivity index is 2.35. The van der Waals surface area contributed by atoms with Crippen LogP contribution >= 0.6 is 15.9 Å². The summed E-state index contributed by atoms with van der Waals surface area (Å²) in [5.41, 5.74) is 0.480. The summed E-state index contributed by atoms with van der Waals surface area (Å²) in [5, 5.41) is 0.879. The standard InChI is InChI=1S/C17H19BrF2N2O3/c1-25-16(23)15-14(10-11-5-6-12(19)13(20)9-11)22(17(24)21-15)8-4-2-3-7-18/h5-6,9H,2-4,7-8,10H2,1H3,(H,21,24). The van der Waals surface area contributed by atoms with Gasteiger partial charge in [-0.15, -0.1) is 0 Å². The molecule has 0 spiro atoms. The Hall–Kier alpha value is -1.96. The van der Waals surface area contributed by atoms with Crippen molar-refractivity contribution in [2.24, 2.45) is 0 Å². The highest BCUT2D eigenvalue weighted by Crippen LogP contribution is 2.16. The number of aromatic nitrogens is 2. The molecule has 1 aromatic heterocycles. The number of unbranched alkanes of at least 4 members (excludes halogenated alkanes) is 2. The fraction of sp³-hybridized carbons (Fsp3) is 0.412. The Kier molecular flexibility index (Phi) is 6.92. The van der Waals surface area contributed by atoms with E-state index in [1.807, 2.05) is 0 Å². The molecule has 0 aliphatic rings. The minimum Gasteiger partial charge on any atom is -0.464 e. The topological polar surface area (TPSA) is 64.1 Å². The predicted molar refractivity (Wildman–Crippen MR) is 93.2 cm³/mol. The zero-order valence-corrected chi connectivity index (χ0v) is 15.4. The van der Waals surface area contributed by atoms with E-state index in [-0.39, 0.29) is 12.1 Å².